The largest absolute Gasteiger partial charge is 0.398 e. The maximum Gasteiger partial charge on any atom is 0.256 e. The van der Waals surface area contributed by atoms with Crippen molar-refractivity contribution < 1.29 is 9.59 Å². The van der Waals surface area contributed by atoms with Crippen LogP contribution in [-0.4, -0.2) is 37.4 Å². The Balaban J connectivity index is 2.85. The van der Waals surface area contributed by atoms with E-state index < -0.39 is 0 Å². The molecule has 6 heteroatoms. The van der Waals surface area contributed by atoms with Gasteiger partial charge in [0.05, 0.1) is 12.1 Å². The fourth-order valence-electron chi connectivity index (χ4n) is 1.30. The van der Waals surface area contributed by atoms with Crippen molar-refractivity contribution in [3.05, 3.63) is 28.2 Å². The molecule has 0 saturated carbocycles. The van der Waals surface area contributed by atoms with Crippen LogP contribution in [0.1, 0.15) is 10.4 Å². The molecule has 92 valence electrons. The first-order valence-electron chi connectivity index (χ1n) is 4.96. The number of hydrogen-bond acceptors (Lipinski definition) is 3. The molecule has 0 aliphatic heterocycles. The van der Waals surface area contributed by atoms with Crippen LogP contribution in [0, 0.1) is 0 Å². The Kier molecular flexibility index (Phi) is 4.51. The molecule has 0 bridgehead atoms. The number of rotatable bonds is 3. The molecular weight excluding hydrogens is 286 g/mol. The molecule has 3 N–H and O–H groups in total. The molecule has 17 heavy (non-hydrogen) atoms. The fraction of sp³-hybridized carbons (Fsp3) is 0.273. The summed E-state index contributed by atoms with van der Waals surface area (Å²) in [7, 11) is 3.08. The molecule has 0 fully saturated rings. The average molecular weight is 300 g/mol. The van der Waals surface area contributed by atoms with E-state index in [-0.39, 0.29) is 18.4 Å². The minimum atomic E-state index is -0.279. The summed E-state index contributed by atoms with van der Waals surface area (Å²) < 4.78 is 0.806. The van der Waals surface area contributed by atoms with Crippen LogP contribution in [0.25, 0.3) is 0 Å². The summed E-state index contributed by atoms with van der Waals surface area (Å²) in [6.07, 6.45) is 0. The first kappa shape index (κ1) is 13.5. The highest BCUT2D eigenvalue weighted by Gasteiger charge is 2.16. The number of carbonyl (C=O) groups is 2. The number of benzene rings is 1. The monoisotopic (exact) mass is 299 g/mol. The number of likely N-dealkylation sites (N-methyl/N-ethyl adjacent to an activating group) is 2. The number of anilines is 1. The highest BCUT2D eigenvalue weighted by Crippen LogP contribution is 2.19. The fourth-order valence-corrected chi connectivity index (χ4v) is 1.68. The topological polar surface area (TPSA) is 75.4 Å². The Labute approximate surface area is 108 Å². The van der Waals surface area contributed by atoms with Crippen LogP contribution in [0.2, 0.25) is 0 Å². The van der Waals surface area contributed by atoms with Gasteiger partial charge < -0.3 is 16.0 Å². The lowest BCUT2D eigenvalue weighted by Gasteiger charge is -2.17. The first-order chi connectivity index (χ1) is 7.95. The molecule has 0 heterocycles. The Morgan fingerprint density at radius 2 is 2.12 bits per heavy atom. The van der Waals surface area contributed by atoms with Crippen molar-refractivity contribution in [1.82, 2.24) is 10.2 Å². The van der Waals surface area contributed by atoms with Crippen molar-refractivity contribution in [2.24, 2.45) is 0 Å². The molecule has 0 radical (unpaired) electrons. The van der Waals surface area contributed by atoms with E-state index in [4.69, 9.17) is 5.73 Å². The van der Waals surface area contributed by atoms with Gasteiger partial charge in [0.25, 0.3) is 5.91 Å². The molecule has 1 rings (SSSR count). The highest BCUT2D eigenvalue weighted by molar-refractivity contribution is 9.10. The van der Waals surface area contributed by atoms with Crippen molar-refractivity contribution in [2.75, 3.05) is 26.4 Å². The van der Waals surface area contributed by atoms with E-state index in [1.807, 2.05) is 0 Å². The lowest BCUT2D eigenvalue weighted by atomic mass is 10.1. The van der Waals surface area contributed by atoms with Gasteiger partial charge in [0.15, 0.2) is 0 Å². The van der Waals surface area contributed by atoms with Gasteiger partial charge >= 0.3 is 0 Å². The van der Waals surface area contributed by atoms with E-state index in [2.05, 4.69) is 21.2 Å². The van der Waals surface area contributed by atoms with E-state index in [1.54, 1.807) is 25.2 Å². The summed E-state index contributed by atoms with van der Waals surface area (Å²) in [6.45, 7) is 0.00480. The number of amides is 2. The first-order valence-corrected chi connectivity index (χ1v) is 5.76. The van der Waals surface area contributed by atoms with Crippen molar-refractivity contribution >= 4 is 33.4 Å². The highest BCUT2D eigenvalue weighted by atomic mass is 79.9. The summed E-state index contributed by atoms with van der Waals surface area (Å²) >= 11 is 3.26. The van der Waals surface area contributed by atoms with Crippen molar-refractivity contribution in [1.29, 1.82) is 0 Å². The van der Waals surface area contributed by atoms with E-state index in [1.165, 1.54) is 11.9 Å². The molecule has 0 aromatic heterocycles. The third-order valence-corrected chi connectivity index (χ3v) is 2.74. The Morgan fingerprint density at radius 1 is 1.47 bits per heavy atom. The molecule has 0 atom stereocenters. The quantitative estimate of drug-likeness (QED) is 0.813. The van der Waals surface area contributed by atoms with Crippen LogP contribution >= 0.6 is 15.9 Å². The second kappa shape index (κ2) is 5.67. The van der Waals surface area contributed by atoms with E-state index in [0.29, 0.717) is 11.3 Å². The third kappa shape index (κ3) is 3.45. The molecule has 0 spiro atoms. The molecule has 0 aliphatic rings. The Morgan fingerprint density at radius 3 is 2.65 bits per heavy atom. The van der Waals surface area contributed by atoms with Crippen LogP contribution in [-0.2, 0) is 4.79 Å². The lowest BCUT2D eigenvalue weighted by molar-refractivity contribution is -0.121. The van der Waals surface area contributed by atoms with Gasteiger partial charge in [-0.25, -0.2) is 0 Å². The number of hydrogen-bond donors (Lipinski definition) is 2. The zero-order chi connectivity index (χ0) is 13.0. The predicted octanol–water partition coefficient (Wildman–Crippen LogP) is 0.849. The lowest BCUT2D eigenvalue weighted by Crippen LogP contribution is -2.37. The van der Waals surface area contributed by atoms with Crippen LogP contribution in [0.5, 0.6) is 0 Å². The van der Waals surface area contributed by atoms with Gasteiger partial charge in [0.1, 0.15) is 0 Å². The summed E-state index contributed by atoms with van der Waals surface area (Å²) in [5.74, 6) is -0.505. The molecule has 1 aromatic carbocycles. The number of carbonyl (C=O) groups excluding carboxylic acids is 2. The van der Waals surface area contributed by atoms with E-state index in [0.717, 1.165) is 4.47 Å². The summed E-state index contributed by atoms with van der Waals surface area (Å²) in [5, 5.41) is 2.45. The Bertz CT molecular complexity index is 448. The van der Waals surface area contributed by atoms with Crippen LogP contribution in [0.3, 0.4) is 0 Å². The number of nitrogens with one attached hydrogen (secondary N) is 1. The van der Waals surface area contributed by atoms with Gasteiger partial charge in [-0.05, 0) is 18.2 Å². The summed E-state index contributed by atoms with van der Waals surface area (Å²) in [4.78, 5) is 24.4. The zero-order valence-electron chi connectivity index (χ0n) is 9.66. The maximum absolute atomic E-state index is 12.0. The molecule has 0 saturated heterocycles. The molecule has 0 aliphatic carbocycles. The molecule has 1 aromatic rings. The minimum Gasteiger partial charge on any atom is -0.398 e. The standard InChI is InChI=1S/C11H14BrN3O2/c1-14-10(16)6-15(2)11(17)8-4-3-7(12)5-9(8)13/h3-5H,6,13H2,1-2H3,(H,14,16). The van der Waals surface area contributed by atoms with Gasteiger partial charge in [0, 0.05) is 24.3 Å². The Hall–Kier alpha value is -1.56. The van der Waals surface area contributed by atoms with E-state index >= 15 is 0 Å². The summed E-state index contributed by atoms with van der Waals surface area (Å²) in [6, 6.07) is 5.01. The smallest absolute Gasteiger partial charge is 0.256 e. The SMILES string of the molecule is CNC(=O)CN(C)C(=O)c1ccc(Br)cc1N. The third-order valence-electron chi connectivity index (χ3n) is 2.25. The molecule has 5 nitrogen and oxygen atoms in total. The zero-order valence-corrected chi connectivity index (χ0v) is 11.2. The van der Waals surface area contributed by atoms with Gasteiger partial charge in [-0.3, -0.25) is 9.59 Å². The van der Waals surface area contributed by atoms with Gasteiger partial charge in [0.2, 0.25) is 5.91 Å². The number of nitrogens with two attached hydrogens (primary N) is 1. The number of nitrogen functional groups attached to an aromatic ring is 1. The molecular formula is C11H14BrN3O2. The maximum atomic E-state index is 12.0. The average Bonchev–Trinajstić information content (AvgIpc) is 2.28. The molecule has 0 unspecified atom stereocenters. The molecule has 2 amide bonds. The van der Waals surface area contributed by atoms with E-state index in [9.17, 15) is 9.59 Å². The number of nitrogens with zero attached hydrogens (tertiary/aromatic N) is 1. The predicted molar refractivity (Wildman–Crippen MR) is 69.6 cm³/mol. The second-order valence-corrected chi connectivity index (χ2v) is 4.48. The normalized spacial score (nSPS) is 9.82. The summed E-state index contributed by atoms with van der Waals surface area (Å²) in [5.41, 5.74) is 6.52. The van der Waals surface area contributed by atoms with Crippen molar-refractivity contribution in [2.45, 2.75) is 0 Å². The van der Waals surface area contributed by atoms with Crippen LogP contribution < -0.4 is 11.1 Å². The van der Waals surface area contributed by atoms with Gasteiger partial charge in [-0.2, -0.15) is 0 Å². The van der Waals surface area contributed by atoms with Crippen LogP contribution in [0.4, 0.5) is 5.69 Å². The van der Waals surface area contributed by atoms with Crippen molar-refractivity contribution in [3.63, 3.8) is 0 Å². The van der Waals surface area contributed by atoms with Crippen LogP contribution in [0.15, 0.2) is 22.7 Å². The van der Waals surface area contributed by atoms with Gasteiger partial charge in [-0.1, -0.05) is 15.9 Å². The van der Waals surface area contributed by atoms with Crippen molar-refractivity contribution in [3.8, 4) is 0 Å². The minimum absolute atomic E-state index is 0.00480. The van der Waals surface area contributed by atoms with Gasteiger partial charge in [-0.15, -0.1) is 0 Å². The number of halogens is 1. The second-order valence-electron chi connectivity index (χ2n) is 3.57.